The van der Waals surface area contributed by atoms with Gasteiger partial charge >= 0.3 is 6.18 Å². The number of hydrogen-bond donors (Lipinski definition) is 2. The number of rotatable bonds is 3. The highest BCUT2D eigenvalue weighted by atomic mass is 19.4. The molecule has 0 saturated carbocycles. The van der Waals surface area contributed by atoms with E-state index in [2.05, 4.69) is 15.6 Å². The highest BCUT2D eigenvalue weighted by Crippen LogP contribution is 2.34. The number of aromatic nitrogens is 1. The number of alkyl halides is 3. The smallest absolute Gasteiger partial charge is 0.325 e. The summed E-state index contributed by atoms with van der Waals surface area (Å²) in [7, 11) is 0. The van der Waals surface area contributed by atoms with E-state index in [1.807, 2.05) is 12.1 Å². The third-order valence-corrected chi connectivity index (χ3v) is 4.33. The van der Waals surface area contributed by atoms with Crippen LogP contribution in [0.1, 0.15) is 12.8 Å². The molecule has 2 atom stereocenters. The molecule has 4 nitrogen and oxygen atoms in total. The van der Waals surface area contributed by atoms with Gasteiger partial charge in [0.15, 0.2) is 0 Å². The second-order valence-electron chi connectivity index (χ2n) is 6.02. The van der Waals surface area contributed by atoms with Crippen LogP contribution in [-0.2, 0) is 4.79 Å². The second-order valence-corrected chi connectivity index (χ2v) is 6.02. The molecule has 132 valence electrons. The largest absolute Gasteiger partial charge is 0.393 e. The number of piperidine rings is 1. The van der Waals surface area contributed by atoms with Gasteiger partial charge in [-0.1, -0.05) is 12.1 Å². The summed E-state index contributed by atoms with van der Waals surface area (Å²) in [5, 5.41) is 5.27. The molecule has 7 heteroatoms. The number of pyridine rings is 1. The third kappa shape index (κ3) is 4.17. The molecule has 0 spiro atoms. The van der Waals surface area contributed by atoms with Gasteiger partial charge in [-0.3, -0.25) is 9.78 Å². The van der Waals surface area contributed by atoms with Gasteiger partial charge in [-0.2, -0.15) is 13.2 Å². The van der Waals surface area contributed by atoms with Crippen LogP contribution in [0.5, 0.6) is 0 Å². The van der Waals surface area contributed by atoms with E-state index in [-0.39, 0.29) is 6.42 Å². The summed E-state index contributed by atoms with van der Waals surface area (Å²) in [6, 6.07) is 9.42. The quantitative estimate of drug-likeness (QED) is 0.890. The first-order valence-electron chi connectivity index (χ1n) is 8.06. The molecule has 0 aliphatic carbocycles. The summed E-state index contributed by atoms with van der Waals surface area (Å²) in [5.74, 6) is -2.31. The Morgan fingerprint density at radius 3 is 2.36 bits per heavy atom. The first-order valence-corrected chi connectivity index (χ1v) is 8.06. The van der Waals surface area contributed by atoms with Gasteiger partial charge in [0.1, 0.15) is 0 Å². The van der Waals surface area contributed by atoms with Crippen molar-refractivity contribution in [2.45, 2.75) is 25.1 Å². The number of nitrogens with zero attached hydrogens (tertiary/aromatic N) is 1. The number of nitrogens with one attached hydrogen (secondary N) is 2. The van der Waals surface area contributed by atoms with Crippen LogP contribution in [-0.4, -0.2) is 29.7 Å². The zero-order valence-electron chi connectivity index (χ0n) is 13.4. The lowest BCUT2D eigenvalue weighted by Crippen LogP contribution is -2.53. The third-order valence-electron chi connectivity index (χ3n) is 4.33. The summed E-state index contributed by atoms with van der Waals surface area (Å²) < 4.78 is 39.3. The van der Waals surface area contributed by atoms with Crippen LogP contribution >= 0.6 is 0 Å². The average Bonchev–Trinajstić information content (AvgIpc) is 2.62. The van der Waals surface area contributed by atoms with Crippen molar-refractivity contribution in [1.82, 2.24) is 10.3 Å². The Hall–Kier alpha value is -2.41. The predicted octanol–water partition coefficient (Wildman–Crippen LogP) is 3.62. The van der Waals surface area contributed by atoms with Crippen molar-refractivity contribution < 1.29 is 18.0 Å². The van der Waals surface area contributed by atoms with Gasteiger partial charge in [-0.25, -0.2) is 0 Å². The molecule has 2 aromatic rings. The summed E-state index contributed by atoms with van der Waals surface area (Å²) >= 11 is 0. The Morgan fingerprint density at radius 2 is 1.72 bits per heavy atom. The van der Waals surface area contributed by atoms with Crippen LogP contribution < -0.4 is 10.6 Å². The number of carbonyl (C=O) groups excluding carboxylic acids is 1. The first-order chi connectivity index (χ1) is 11.9. The minimum atomic E-state index is -4.39. The molecule has 1 amide bonds. The fourth-order valence-corrected chi connectivity index (χ4v) is 3.03. The molecule has 1 aliphatic rings. The number of hydrogen-bond acceptors (Lipinski definition) is 3. The van der Waals surface area contributed by atoms with Gasteiger partial charge < -0.3 is 10.6 Å². The lowest BCUT2D eigenvalue weighted by Gasteiger charge is -2.32. The summed E-state index contributed by atoms with van der Waals surface area (Å²) in [4.78, 5) is 16.2. The Balaban J connectivity index is 1.70. The molecular formula is C18H18F3N3O. The molecule has 2 N–H and O–H groups in total. The molecule has 1 aromatic carbocycles. The fraction of sp³-hybridized carbons (Fsp3) is 0.333. The highest BCUT2D eigenvalue weighted by molar-refractivity contribution is 5.95. The number of amides is 1. The van der Waals surface area contributed by atoms with E-state index < -0.39 is 24.0 Å². The zero-order chi connectivity index (χ0) is 17.9. The summed E-state index contributed by atoms with van der Waals surface area (Å²) in [5.41, 5.74) is 2.37. The van der Waals surface area contributed by atoms with Gasteiger partial charge in [-0.05, 0) is 54.8 Å². The minimum absolute atomic E-state index is 0.0322. The van der Waals surface area contributed by atoms with Crippen molar-refractivity contribution >= 4 is 11.6 Å². The predicted molar refractivity (Wildman–Crippen MR) is 88.9 cm³/mol. The van der Waals surface area contributed by atoms with Crippen LogP contribution in [0.2, 0.25) is 0 Å². The van der Waals surface area contributed by atoms with Crippen molar-refractivity contribution in [3.63, 3.8) is 0 Å². The van der Waals surface area contributed by atoms with E-state index in [4.69, 9.17) is 0 Å². The maximum atomic E-state index is 13.1. The Kier molecular flexibility index (Phi) is 5.03. The normalized spacial score (nSPS) is 20.9. The standard InChI is InChI=1S/C18H18F3N3O/c19-18(20,21)15-2-1-9-23-16(15)17(25)24-14-5-3-12(4-6-14)13-7-10-22-11-8-13/h3-8,10-11,15-16,23H,1-2,9H2,(H,24,25). The highest BCUT2D eigenvalue weighted by Gasteiger charge is 2.48. The molecule has 0 radical (unpaired) electrons. The molecule has 1 aromatic heterocycles. The van der Waals surface area contributed by atoms with Crippen LogP contribution in [0.15, 0.2) is 48.8 Å². The maximum Gasteiger partial charge on any atom is 0.393 e. The van der Waals surface area contributed by atoms with Crippen LogP contribution in [0.4, 0.5) is 18.9 Å². The lowest BCUT2D eigenvalue weighted by atomic mass is 9.89. The van der Waals surface area contributed by atoms with E-state index >= 15 is 0 Å². The van der Waals surface area contributed by atoms with Gasteiger partial charge in [0.2, 0.25) is 5.91 Å². The van der Waals surface area contributed by atoms with Gasteiger partial charge in [0, 0.05) is 18.1 Å². The summed E-state index contributed by atoms with van der Waals surface area (Å²) in [6.07, 6.45) is -0.654. The summed E-state index contributed by atoms with van der Waals surface area (Å²) in [6.45, 7) is 0.408. The SMILES string of the molecule is O=C(Nc1ccc(-c2ccncc2)cc1)C1NCCCC1C(F)(F)F. The van der Waals surface area contributed by atoms with E-state index in [0.717, 1.165) is 11.1 Å². The van der Waals surface area contributed by atoms with Crippen molar-refractivity contribution in [2.24, 2.45) is 5.92 Å². The lowest BCUT2D eigenvalue weighted by molar-refractivity contribution is -0.189. The Bertz CT molecular complexity index is 717. The molecule has 1 fully saturated rings. The van der Waals surface area contributed by atoms with Crippen LogP contribution in [0.3, 0.4) is 0 Å². The van der Waals surface area contributed by atoms with E-state index in [0.29, 0.717) is 18.7 Å². The molecule has 2 heterocycles. The molecular weight excluding hydrogens is 331 g/mol. The minimum Gasteiger partial charge on any atom is -0.325 e. The first kappa shape index (κ1) is 17.4. The monoisotopic (exact) mass is 349 g/mol. The Labute approximate surface area is 143 Å². The van der Waals surface area contributed by atoms with E-state index in [1.54, 1.807) is 36.7 Å². The zero-order valence-corrected chi connectivity index (χ0v) is 13.4. The second kappa shape index (κ2) is 7.23. The Morgan fingerprint density at radius 1 is 1.08 bits per heavy atom. The van der Waals surface area contributed by atoms with Crippen molar-refractivity contribution in [1.29, 1.82) is 0 Å². The fourth-order valence-electron chi connectivity index (χ4n) is 3.03. The van der Waals surface area contributed by atoms with Crippen molar-refractivity contribution in [3.8, 4) is 11.1 Å². The number of halogens is 3. The average molecular weight is 349 g/mol. The van der Waals surface area contributed by atoms with Gasteiger partial charge in [0.05, 0.1) is 12.0 Å². The number of benzene rings is 1. The molecule has 1 saturated heterocycles. The molecule has 2 unspecified atom stereocenters. The molecule has 25 heavy (non-hydrogen) atoms. The number of anilines is 1. The van der Waals surface area contributed by atoms with Gasteiger partial charge in [0.25, 0.3) is 0 Å². The van der Waals surface area contributed by atoms with E-state index in [9.17, 15) is 18.0 Å². The van der Waals surface area contributed by atoms with E-state index in [1.165, 1.54) is 0 Å². The topological polar surface area (TPSA) is 54.0 Å². The van der Waals surface area contributed by atoms with Crippen LogP contribution in [0, 0.1) is 5.92 Å². The van der Waals surface area contributed by atoms with Crippen molar-refractivity contribution in [3.05, 3.63) is 48.8 Å². The molecule has 0 bridgehead atoms. The van der Waals surface area contributed by atoms with Gasteiger partial charge in [-0.15, -0.1) is 0 Å². The van der Waals surface area contributed by atoms with Crippen LogP contribution in [0.25, 0.3) is 11.1 Å². The maximum absolute atomic E-state index is 13.1. The van der Waals surface area contributed by atoms with Crippen molar-refractivity contribution in [2.75, 3.05) is 11.9 Å². The number of carbonyl (C=O) groups is 1. The molecule has 3 rings (SSSR count). The molecule has 1 aliphatic heterocycles.